The summed E-state index contributed by atoms with van der Waals surface area (Å²) in [5.41, 5.74) is 4.86. The van der Waals surface area contributed by atoms with Gasteiger partial charge in [0.05, 0.1) is 20.1 Å². The Balaban J connectivity index is 1.67. The molecule has 2 aliphatic heterocycles. The number of ketones is 1. The minimum atomic E-state index is -0.0193. The van der Waals surface area contributed by atoms with Gasteiger partial charge < -0.3 is 9.47 Å². The summed E-state index contributed by atoms with van der Waals surface area (Å²) in [5, 5.41) is 0. The number of fused-ring (bicyclic) bond motifs is 3. The highest BCUT2D eigenvalue weighted by atomic mass is 16.5. The number of hydrogen-bond acceptors (Lipinski definition) is 4. The van der Waals surface area contributed by atoms with E-state index in [1.807, 2.05) is 12.1 Å². The predicted molar refractivity (Wildman–Crippen MR) is 101 cm³/mol. The monoisotopic (exact) mass is 351 g/mol. The van der Waals surface area contributed by atoms with Gasteiger partial charge in [0.15, 0.2) is 11.5 Å². The third-order valence-electron chi connectivity index (χ3n) is 5.88. The molecule has 2 atom stereocenters. The SMILES string of the molecule is COc1cc2c(cc1OC)C1CC(=O)C(c3ccccc3C)CN1CC2. The lowest BCUT2D eigenvalue weighted by molar-refractivity contribution is -0.125. The van der Waals surface area contributed by atoms with Crippen LogP contribution in [0.1, 0.15) is 40.6 Å². The molecular formula is C22H25NO3. The summed E-state index contributed by atoms with van der Waals surface area (Å²) in [6.07, 6.45) is 1.53. The van der Waals surface area contributed by atoms with Gasteiger partial charge in [-0.3, -0.25) is 9.69 Å². The smallest absolute Gasteiger partial charge is 0.161 e. The molecule has 1 fully saturated rings. The second kappa shape index (κ2) is 6.76. The van der Waals surface area contributed by atoms with Gasteiger partial charge in [0, 0.05) is 25.6 Å². The van der Waals surface area contributed by atoms with Gasteiger partial charge in [0.25, 0.3) is 0 Å². The molecule has 4 heteroatoms. The van der Waals surface area contributed by atoms with E-state index in [4.69, 9.17) is 9.47 Å². The van der Waals surface area contributed by atoms with Crippen LogP contribution < -0.4 is 9.47 Å². The number of hydrogen-bond donors (Lipinski definition) is 0. The molecule has 0 aliphatic carbocycles. The molecule has 0 saturated carbocycles. The number of carbonyl (C=O) groups excluding carboxylic acids is 1. The third-order valence-corrected chi connectivity index (χ3v) is 5.88. The lowest BCUT2D eigenvalue weighted by Gasteiger charge is -2.43. The number of ether oxygens (including phenoxy) is 2. The van der Waals surface area contributed by atoms with Gasteiger partial charge in [0.2, 0.25) is 0 Å². The van der Waals surface area contributed by atoms with Crippen LogP contribution in [0.5, 0.6) is 11.5 Å². The number of benzene rings is 2. The molecule has 0 spiro atoms. The molecule has 2 aliphatic rings. The average Bonchev–Trinajstić information content (AvgIpc) is 2.67. The second-order valence-electron chi connectivity index (χ2n) is 7.25. The average molecular weight is 351 g/mol. The molecule has 1 saturated heterocycles. The van der Waals surface area contributed by atoms with Crippen molar-refractivity contribution in [2.24, 2.45) is 0 Å². The maximum absolute atomic E-state index is 13.0. The molecule has 2 aromatic carbocycles. The quantitative estimate of drug-likeness (QED) is 0.846. The highest BCUT2D eigenvalue weighted by molar-refractivity contribution is 5.88. The lowest BCUT2D eigenvalue weighted by atomic mass is 9.79. The molecule has 136 valence electrons. The molecule has 0 bridgehead atoms. The van der Waals surface area contributed by atoms with E-state index in [0.717, 1.165) is 31.0 Å². The van der Waals surface area contributed by atoms with Crippen molar-refractivity contribution in [1.29, 1.82) is 0 Å². The number of Topliss-reactive ketones (excluding diaryl/α,β-unsaturated/α-hetero) is 1. The fourth-order valence-corrected chi connectivity index (χ4v) is 4.46. The predicted octanol–water partition coefficient (Wildman–Crippen LogP) is 3.67. The van der Waals surface area contributed by atoms with Crippen LogP contribution in [-0.2, 0) is 11.2 Å². The van der Waals surface area contributed by atoms with E-state index < -0.39 is 0 Å². The summed E-state index contributed by atoms with van der Waals surface area (Å²) in [7, 11) is 3.32. The fourth-order valence-electron chi connectivity index (χ4n) is 4.46. The van der Waals surface area contributed by atoms with E-state index >= 15 is 0 Å². The molecule has 2 heterocycles. The maximum Gasteiger partial charge on any atom is 0.161 e. The summed E-state index contributed by atoms with van der Waals surface area (Å²) in [5.74, 6) is 1.82. The number of methoxy groups -OCH3 is 2. The first-order valence-corrected chi connectivity index (χ1v) is 9.19. The van der Waals surface area contributed by atoms with Gasteiger partial charge in [-0.1, -0.05) is 24.3 Å². The third kappa shape index (κ3) is 2.78. The van der Waals surface area contributed by atoms with E-state index in [0.29, 0.717) is 12.2 Å². The Morgan fingerprint density at radius 2 is 1.77 bits per heavy atom. The van der Waals surface area contributed by atoms with E-state index in [2.05, 4.69) is 36.1 Å². The number of carbonyl (C=O) groups is 1. The number of piperidine rings is 1. The van der Waals surface area contributed by atoms with Crippen LogP contribution in [0.3, 0.4) is 0 Å². The fraction of sp³-hybridized carbons (Fsp3) is 0.409. The zero-order valence-corrected chi connectivity index (χ0v) is 15.6. The minimum Gasteiger partial charge on any atom is -0.493 e. The zero-order chi connectivity index (χ0) is 18.3. The molecule has 26 heavy (non-hydrogen) atoms. The first-order chi connectivity index (χ1) is 12.6. The summed E-state index contributed by atoms with van der Waals surface area (Å²) in [6, 6.07) is 12.5. The van der Waals surface area contributed by atoms with Crippen molar-refractivity contribution in [2.75, 3.05) is 27.3 Å². The van der Waals surface area contributed by atoms with Crippen molar-refractivity contribution in [1.82, 2.24) is 4.90 Å². The number of rotatable bonds is 3. The molecule has 4 rings (SSSR count). The Morgan fingerprint density at radius 1 is 1.04 bits per heavy atom. The van der Waals surface area contributed by atoms with Crippen LogP contribution in [0.25, 0.3) is 0 Å². The van der Waals surface area contributed by atoms with Crippen LogP contribution in [0.4, 0.5) is 0 Å². The Labute approximate surface area is 154 Å². The summed E-state index contributed by atoms with van der Waals surface area (Å²) >= 11 is 0. The molecule has 0 N–H and O–H groups in total. The van der Waals surface area contributed by atoms with Gasteiger partial charge in [0.1, 0.15) is 5.78 Å². The van der Waals surface area contributed by atoms with Crippen molar-refractivity contribution in [2.45, 2.75) is 31.7 Å². The normalized spacial score (nSPS) is 22.5. The number of aryl methyl sites for hydroxylation is 1. The van der Waals surface area contributed by atoms with Crippen molar-refractivity contribution in [3.8, 4) is 11.5 Å². The first kappa shape index (κ1) is 17.1. The van der Waals surface area contributed by atoms with Crippen LogP contribution in [0.15, 0.2) is 36.4 Å². The molecule has 0 amide bonds. The topological polar surface area (TPSA) is 38.8 Å². The number of nitrogens with zero attached hydrogens (tertiary/aromatic N) is 1. The first-order valence-electron chi connectivity index (χ1n) is 9.19. The highest BCUT2D eigenvalue weighted by Gasteiger charge is 2.39. The van der Waals surface area contributed by atoms with Crippen molar-refractivity contribution >= 4 is 5.78 Å². The lowest BCUT2D eigenvalue weighted by Crippen LogP contribution is -2.45. The van der Waals surface area contributed by atoms with Crippen LogP contribution >= 0.6 is 0 Å². The minimum absolute atomic E-state index is 0.0193. The van der Waals surface area contributed by atoms with E-state index in [9.17, 15) is 4.79 Å². The van der Waals surface area contributed by atoms with Crippen molar-refractivity contribution in [3.63, 3.8) is 0 Å². The highest BCUT2D eigenvalue weighted by Crippen LogP contribution is 2.43. The van der Waals surface area contributed by atoms with Gasteiger partial charge in [-0.15, -0.1) is 0 Å². The van der Waals surface area contributed by atoms with Crippen molar-refractivity contribution in [3.05, 3.63) is 58.7 Å². The molecule has 2 unspecified atom stereocenters. The Hall–Kier alpha value is -2.33. The molecule has 0 radical (unpaired) electrons. The van der Waals surface area contributed by atoms with Crippen LogP contribution in [0, 0.1) is 6.92 Å². The summed E-state index contributed by atoms with van der Waals surface area (Å²) in [6.45, 7) is 3.86. The Bertz CT molecular complexity index is 845. The van der Waals surface area contributed by atoms with Gasteiger partial charge in [-0.25, -0.2) is 0 Å². The van der Waals surface area contributed by atoms with Gasteiger partial charge >= 0.3 is 0 Å². The zero-order valence-electron chi connectivity index (χ0n) is 15.6. The standard InChI is InChI=1S/C22H25NO3/c1-14-6-4-5-7-16(14)18-13-23-9-8-15-10-21(25-2)22(26-3)11-17(15)19(23)12-20(18)24/h4-7,10-11,18-19H,8-9,12-13H2,1-3H3. The van der Waals surface area contributed by atoms with E-state index in [1.54, 1.807) is 14.2 Å². The molecule has 4 nitrogen and oxygen atoms in total. The summed E-state index contributed by atoms with van der Waals surface area (Å²) in [4.78, 5) is 15.5. The van der Waals surface area contributed by atoms with E-state index in [1.165, 1.54) is 22.3 Å². The van der Waals surface area contributed by atoms with E-state index in [-0.39, 0.29) is 12.0 Å². The van der Waals surface area contributed by atoms with Gasteiger partial charge in [-0.2, -0.15) is 0 Å². The Morgan fingerprint density at radius 3 is 2.50 bits per heavy atom. The van der Waals surface area contributed by atoms with Crippen LogP contribution in [0.2, 0.25) is 0 Å². The van der Waals surface area contributed by atoms with Crippen LogP contribution in [-0.4, -0.2) is 38.0 Å². The van der Waals surface area contributed by atoms with Gasteiger partial charge in [-0.05, 0) is 47.7 Å². The molecule has 2 aromatic rings. The molecular weight excluding hydrogens is 326 g/mol. The maximum atomic E-state index is 13.0. The summed E-state index contributed by atoms with van der Waals surface area (Å²) < 4.78 is 10.9. The molecule has 0 aromatic heterocycles. The van der Waals surface area contributed by atoms with Crippen molar-refractivity contribution < 1.29 is 14.3 Å². The Kier molecular flexibility index (Phi) is 4.45. The largest absolute Gasteiger partial charge is 0.493 e. The second-order valence-corrected chi connectivity index (χ2v) is 7.25.